The van der Waals surface area contributed by atoms with Gasteiger partial charge in [-0.1, -0.05) is 71.1 Å². The Morgan fingerprint density at radius 1 is 0.811 bits per heavy atom. The number of esters is 1. The van der Waals surface area contributed by atoms with E-state index >= 15 is 0 Å². The molecule has 17 heteroatoms. The van der Waals surface area contributed by atoms with Gasteiger partial charge in [-0.25, -0.2) is 4.79 Å². The highest BCUT2D eigenvalue weighted by atomic mass is 16.6. The number of ketones is 3. The van der Waals surface area contributed by atoms with Crippen LogP contribution in [0.15, 0.2) is 47.6 Å². The van der Waals surface area contributed by atoms with Crippen molar-refractivity contribution in [3.8, 4) is 0 Å². The van der Waals surface area contributed by atoms with Crippen LogP contribution in [0.25, 0.3) is 0 Å². The van der Waals surface area contributed by atoms with Crippen LogP contribution in [0.3, 0.4) is 0 Å². The van der Waals surface area contributed by atoms with Crippen LogP contribution in [0.1, 0.15) is 126 Å². The van der Waals surface area contributed by atoms with Gasteiger partial charge in [0.05, 0.1) is 64.1 Å². The molecular weight excluding hydrogens is 955 g/mol. The fraction of sp³-hybridized carbons (Fsp3) is 0.772. The summed E-state index contributed by atoms with van der Waals surface area (Å²) in [6, 6.07) is -1.17. The molecule has 3 heterocycles. The number of amides is 1. The molecule has 4 aliphatic rings. The minimum absolute atomic E-state index is 0.00969. The fourth-order valence-electron chi connectivity index (χ4n) is 10.9. The van der Waals surface area contributed by atoms with E-state index in [9.17, 15) is 39.3 Å². The maximum absolute atomic E-state index is 14.6. The lowest BCUT2D eigenvalue weighted by Gasteiger charge is -2.43. The molecule has 0 aromatic carbocycles. The highest BCUT2D eigenvalue weighted by molar-refractivity contribution is 6.39. The second-order valence-corrected chi connectivity index (χ2v) is 21.4. The highest BCUT2D eigenvalue weighted by Gasteiger charge is 2.53. The summed E-state index contributed by atoms with van der Waals surface area (Å²) in [4.78, 5) is 72.8. The minimum Gasteiger partial charge on any atom is -0.460 e. The topological polar surface area (TPSA) is 223 Å². The molecule has 2 saturated heterocycles. The van der Waals surface area contributed by atoms with Crippen LogP contribution in [0.5, 0.6) is 0 Å². The smallest absolute Gasteiger partial charge is 0.329 e. The molecular formula is C57H91NO16. The molecule has 1 amide bonds. The van der Waals surface area contributed by atoms with E-state index in [4.69, 9.17) is 37.9 Å². The van der Waals surface area contributed by atoms with Crippen LogP contribution in [0.2, 0.25) is 0 Å². The van der Waals surface area contributed by atoms with E-state index in [2.05, 4.69) is 0 Å². The van der Waals surface area contributed by atoms with Gasteiger partial charge in [-0.2, -0.15) is 0 Å². The average Bonchev–Trinajstić information content (AvgIpc) is 3.38. The van der Waals surface area contributed by atoms with Crippen LogP contribution < -0.4 is 0 Å². The quantitative estimate of drug-likeness (QED) is 0.0716. The number of fused-ring (bicyclic) bond motifs is 3. The molecule has 74 heavy (non-hydrogen) atoms. The van der Waals surface area contributed by atoms with Gasteiger partial charge >= 0.3 is 5.97 Å². The van der Waals surface area contributed by atoms with E-state index in [1.807, 2.05) is 58.1 Å². The lowest BCUT2D eigenvalue weighted by Crippen LogP contribution is -2.61. The molecule has 0 aromatic rings. The predicted molar refractivity (Wildman–Crippen MR) is 278 cm³/mol. The zero-order valence-electron chi connectivity index (χ0n) is 46.1. The monoisotopic (exact) mass is 1050 g/mol. The maximum atomic E-state index is 14.6. The molecule has 2 unspecified atom stereocenters. The number of aliphatic hydroxyl groups is 3. The summed E-state index contributed by atoms with van der Waals surface area (Å²) < 4.78 is 47.0. The molecule has 4 rings (SSSR count). The third-order valence-electron chi connectivity index (χ3n) is 15.6. The van der Waals surface area contributed by atoms with Gasteiger partial charge in [-0.3, -0.25) is 19.2 Å². The van der Waals surface area contributed by atoms with Crippen molar-refractivity contribution in [1.82, 2.24) is 4.90 Å². The molecule has 2 bridgehead atoms. The van der Waals surface area contributed by atoms with E-state index < -0.39 is 77.8 Å². The lowest BCUT2D eigenvalue weighted by molar-refractivity contribution is -0.266. The number of hydrogen-bond donors (Lipinski definition) is 3. The Kier molecular flexibility index (Phi) is 27.0. The summed E-state index contributed by atoms with van der Waals surface area (Å²) in [5, 5.41) is 33.1. The lowest BCUT2D eigenvalue weighted by atomic mass is 9.78. The second kappa shape index (κ2) is 31.7. The Balaban J connectivity index is 1.71. The van der Waals surface area contributed by atoms with Crippen LogP contribution in [0.4, 0.5) is 0 Å². The van der Waals surface area contributed by atoms with Gasteiger partial charge in [0.15, 0.2) is 5.78 Å². The summed E-state index contributed by atoms with van der Waals surface area (Å²) in [6.45, 7) is 14.2. The van der Waals surface area contributed by atoms with E-state index in [0.29, 0.717) is 76.8 Å². The first-order valence-corrected chi connectivity index (χ1v) is 27.2. The number of carbonyl (C=O) groups is 5. The highest BCUT2D eigenvalue weighted by Crippen LogP contribution is 2.38. The van der Waals surface area contributed by atoms with Crippen molar-refractivity contribution in [2.24, 2.45) is 35.5 Å². The molecule has 1 aliphatic carbocycles. The molecule has 17 nitrogen and oxygen atoms in total. The second-order valence-electron chi connectivity index (χ2n) is 21.4. The van der Waals surface area contributed by atoms with Crippen LogP contribution in [-0.4, -0.2) is 172 Å². The van der Waals surface area contributed by atoms with E-state index in [1.54, 1.807) is 41.1 Å². The van der Waals surface area contributed by atoms with Gasteiger partial charge < -0.3 is 58.1 Å². The first kappa shape index (κ1) is 63.0. The molecule has 3 aliphatic heterocycles. The molecule has 15 atom stereocenters. The van der Waals surface area contributed by atoms with Crippen LogP contribution in [-0.2, 0) is 61.9 Å². The third kappa shape index (κ3) is 18.3. The van der Waals surface area contributed by atoms with Crippen molar-refractivity contribution in [2.75, 3.05) is 67.5 Å². The molecule has 0 radical (unpaired) electrons. The fourth-order valence-corrected chi connectivity index (χ4v) is 10.9. The summed E-state index contributed by atoms with van der Waals surface area (Å²) in [7, 11) is 4.60. The van der Waals surface area contributed by atoms with Gasteiger partial charge in [0, 0.05) is 58.5 Å². The van der Waals surface area contributed by atoms with Crippen LogP contribution >= 0.6 is 0 Å². The van der Waals surface area contributed by atoms with Crippen molar-refractivity contribution in [3.63, 3.8) is 0 Å². The molecule has 0 spiro atoms. The Morgan fingerprint density at radius 3 is 2.26 bits per heavy atom. The summed E-state index contributed by atoms with van der Waals surface area (Å²) in [5.41, 5.74) is 1.22. The van der Waals surface area contributed by atoms with Gasteiger partial charge in [0.1, 0.15) is 30.1 Å². The van der Waals surface area contributed by atoms with E-state index in [-0.39, 0.29) is 87.2 Å². The largest absolute Gasteiger partial charge is 0.460 e. The standard InChI is InChI=1S/C57H91NO16/c1-36-16-12-11-13-17-37(2)48(72-29-28-70-27-26-67-8)34-44-21-19-42(7)57(66,74-44)54(63)55(64)58-23-15-14-18-45(58)56(65)73-49(39(4)32-43-20-22-47(71-25-24-59)50(33-43)68-9)35-46(60)38(3)31-41(6)52(62)53(69-10)51(61)40(5)30-36/h11-13,16-17,31,36,38-40,42-45,47-50,52-53,59,62,66H,14-15,18-30,32-35H2,1-10H3/b13-11+,16-12+,37-17+,41-31+/t36-,38-,39-,40-,42-,43?,44+,45+,47-,48+,49?,50-,52-,53+,57-/m1/s1. The SMILES string of the molecule is COCCOCCO[C@H]1C[C@@H]2CC[C@@H](C)[C@@](O)(O2)C(=O)C(=O)N2CCCC[C@H]2C(=O)OC([C@H](C)CC2CC[C@@H](OCCO)[C@H](OC)C2)CC(=O)[C@H](C)/C=C(\C)[C@@H](O)[C@@H](OC)C(=O)[C@H](C)C[C@H](C)/C=C/C=C/C=C/1C. The molecule has 3 N–H and O–H groups in total. The van der Waals surface area contributed by atoms with Gasteiger partial charge in [-0.15, -0.1) is 0 Å². The van der Waals surface area contributed by atoms with Crippen molar-refractivity contribution in [1.29, 1.82) is 0 Å². The Hall–Kier alpha value is -3.49. The molecule has 3 fully saturated rings. The number of cyclic esters (lactones) is 1. The summed E-state index contributed by atoms with van der Waals surface area (Å²) in [5.74, 6) is -8.19. The maximum Gasteiger partial charge on any atom is 0.329 e. The number of Topliss-reactive ketones (excluding diaryl/α,β-unsaturated/α-hetero) is 3. The van der Waals surface area contributed by atoms with E-state index in [0.717, 1.165) is 12.0 Å². The van der Waals surface area contributed by atoms with Gasteiger partial charge in [0.2, 0.25) is 5.79 Å². The number of rotatable bonds is 15. The number of aliphatic hydroxyl groups excluding tert-OH is 2. The van der Waals surface area contributed by atoms with Crippen LogP contribution in [0, 0.1) is 35.5 Å². The number of ether oxygens (including phenoxy) is 8. The van der Waals surface area contributed by atoms with Gasteiger partial charge in [-0.05, 0) is 107 Å². The van der Waals surface area contributed by atoms with Crippen molar-refractivity contribution in [2.45, 2.75) is 180 Å². The molecule has 420 valence electrons. The predicted octanol–water partition coefficient (Wildman–Crippen LogP) is 6.23. The number of allylic oxidation sites excluding steroid dienone is 6. The zero-order valence-corrected chi connectivity index (χ0v) is 46.1. The Morgan fingerprint density at radius 2 is 1.55 bits per heavy atom. The number of hydrogen-bond acceptors (Lipinski definition) is 16. The Labute approximate surface area is 440 Å². The normalized spacial score (nSPS) is 37.0. The van der Waals surface area contributed by atoms with Crippen molar-refractivity contribution >= 4 is 29.2 Å². The molecule has 1 saturated carbocycles. The van der Waals surface area contributed by atoms with E-state index in [1.165, 1.54) is 12.0 Å². The minimum atomic E-state index is -2.48. The first-order valence-electron chi connectivity index (χ1n) is 27.2. The van der Waals surface area contributed by atoms with Crippen molar-refractivity contribution < 1.29 is 77.2 Å². The van der Waals surface area contributed by atoms with Crippen molar-refractivity contribution in [3.05, 3.63) is 47.6 Å². The molecule has 0 aromatic heterocycles. The Bertz CT molecular complexity index is 1920. The first-order chi connectivity index (χ1) is 35.3. The summed E-state index contributed by atoms with van der Waals surface area (Å²) >= 11 is 0. The van der Waals surface area contributed by atoms with Gasteiger partial charge in [0.25, 0.3) is 11.7 Å². The third-order valence-corrected chi connectivity index (χ3v) is 15.6. The number of piperidine rings is 1. The number of methoxy groups -OCH3 is 3. The number of carbonyl (C=O) groups excluding carboxylic acids is 5. The zero-order chi connectivity index (χ0) is 54.5. The summed E-state index contributed by atoms with van der Waals surface area (Å²) in [6.07, 6.45) is 11.5. The average molecular weight is 1050 g/mol. The number of nitrogens with zero attached hydrogens (tertiary/aromatic N) is 1.